The molecule has 1 aromatic heterocycles. The fraction of sp³-hybridized carbons (Fsp3) is 0.176. The average Bonchev–Trinajstić information content (AvgIpc) is 3.12. The number of anilines is 1. The smallest absolute Gasteiger partial charge is 0.206 e. The van der Waals surface area contributed by atoms with Crippen molar-refractivity contribution in [1.29, 1.82) is 0 Å². The lowest BCUT2D eigenvalue weighted by Gasteiger charge is -2.10. The molecule has 110 valence electrons. The van der Waals surface area contributed by atoms with E-state index in [1.54, 1.807) is 23.1 Å². The lowest BCUT2D eigenvalue weighted by molar-refractivity contribution is 0.998. The second-order valence-electron chi connectivity index (χ2n) is 5.08. The van der Waals surface area contributed by atoms with Crippen LogP contribution in [0.1, 0.15) is 23.3 Å². The van der Waals surface area contributed by atoms with Crippen molar-refractivity contribution in [2.75, 3.05) is 11.9 Å². The number of hydrogen-bond donors (Lipinski definition) is 1. The van der Waals surface area contributed by atoms with E-state index in [-0.39, 0.29) is 0 Å². The van der Waals surface area contributed by atoms with Gasteiger partial charge in [0.2, 0.25) is 5.13 Å². The van der Waals surface area contributed by atoms with Crippen LogP contribution in [-0.4, -0.2) is 16.7 Å². The van der Waals surface area contributed by atoms with Crippen molar-refractivity contribution in [2.45, 2.75) is 16.5 Å². The summed E-state index contributed by atoms with van der Waals surface area (Å²) in [5, 5.41) is 12.9. The van der Waals surface area contributed by atoms with Crippen LogP contribution in [0.5, 0.6) is 0 Å². The van der Waals surface area contributed by atoms with Gasteiger partial charge in [0, 0.05) is 6.54 Å². The van der Waals surface area contributed by atoms with Crippen molar-refractivity contribution >= 4 is 28.2 Å². The summed E-state index contributed by atoms with van der Waals surface area (Å²) in [6.45, 7) is 2.94. The van der Waals surface area contributed by atoms with E-state index in [2.05, 4.69) is 71.0 Å². The molecule has 1 N–H and O–H groups in total. The molecule has 0 atom stereocenters. The van der Waals surface area contributed by atoms with E-state index >= 15 is 0 Å². The first-order valence-electron chi connectivity index (χ1n) is 7.29. The number of hydrogen-bond acceptors (Lipinski definition) is 5. The highest BCUT2D eigenvalue weighted by molar-refractivity contribution is 8.01. The van der Waals surface area contributed by atoms with Crippen molar-refractivity contribution in [3.05, 3.63) is 59.7 Å². The Labute approximate surface area is 137 Å². The number of rotatable bonds is 4. The Morgan fingerprint density at radius 2 is 1.64 bits per heavy atom. The van der Waals surface area contributed by atoms with Crippen LogP contribution in [0.2, 0.25) is 0 Å². The van der Waals surface area contributed by atoms with Crippen molar-refractivity contribution in [3.8, 4) is 11.1 Å². The fourth-order valence-electron chi connectivity index (χ4n) is 2.82. The number of fused-ring (bicyclic) bond motifs is 3. The molecule has 0 unspecified atom stereocenters. The second kappa shape index (κ2) is 5.74. The molecule has 1 heterocycles. The largest absolute Gasteiger partial charge is 0.360 e. The number of nitrogens with one attached hydrogen (secondary N) is 1. The van der Waals surface area contributed by atoms with Crippen LogP contribution in [0.3, 0.4) is 0 Å². The summed E-state index contributed by atoms with van der Waals surface area (Å²) in [5.74, 6) is 0. The van der Waals surface area contributed by atoms with Crippen LogP contribution < -0.4 is 5.32 Å². The predicted octanol–water partition coefficient (Wildman–Crippen LogP) is 4.83. The molecule has 3 aromatic rings. The van der Waals surface area contributed by atoms with E-state index in [9.17, 15) is 0 Å². The zero-order valence-electron chi connectivity index (χ0n) is 12.1. The highest BCUT2D eigenvalue weighted by Gasteiger charge is 2.29. The van der Waals surface area contributed by atoms with E-state index < -0.39 is 0 Å². The summed E-state index contributed by atoms with van der Waals surface area (Å²) in [4.78, 5) is 0. The Morgan fingerprint density at radius 3 is 2.27 bits per heavy atom. The van der Waals surface area contributed by atoms with Crippen LogP contribution in [0, 0.1) is 0 Å². The monoisotopic (exact) mass is 325 g/mol. The first-order valence-corrected chi connectivity index (χ1v) is 8.98. The Morgan fingerprint density at radius 1 is 1.00 bits per heavy atom. The van der Waals surface area contributed by atoms with Crippen molar-refractivity contribution in [3.63, 3.8) is 0 Å². The highest BCUT2D eigenvalue weighted by Crippen LogP contribution is 2.52. The van der Waals surface area contributed by atoms with Crippen molar-refractivity contribution < 1.29 is 0 Å². The topological polar surface area (TPSA) is 37.8 Å². The molecule has 2 aromatic carbocycles. The summed E-state index contributed by atoms with van der Waals surface area (Å²) in [7, 11) is 0. The van der Waals surface area contributed by atoms with Crippen LogP contribution in [0.15, 0.2) is 52.9 Å². The molecule has 1 aliphatic rings. The Kier molecular flexibility index (Phi) is 3.60. The zero-order valence-corrected chi connectivity index (χ0v) is 13.7. The number of nitrogens with zero attached hydrogens (tertiary/aromatic N) is 2. The van der Waals surface area contributed by atoms with Crippen LogP contribution in [0.25, 0.3) is 11.1 Å². The molecular weight excluding hydrogens is 310 g/mol. The maximum atomic E-state index is 4.31. The van der Waals surface area contributed by atoms with Gasteiger partial charge in [0.1, 0.15) is 0 Å². The van der Waals surface area contributed by atoms with Gasteiger partial charge in [0.05, 0.1) is 5.25 Å². The van der Waals surface area contributed by atoms with Crippen molar-refractivity contribution in [2.24, 2.45) is 0 Å². The fourth-order valence-corrected chi connectivity index (χ4v) is 5.03. The van der Waals surface area contributed by atoms with Gasteiger partial charge in [0.25, 0.3) is 0 Å². The minimum atomic E-state index is 0.301. The Bertz CT molecular complexity index is 767. The lowest BCUT2D eigenvalue weighted by atomic mass is 10.1. The van der Waals surface area contributed by atoms with Gasteiger partial charge in [-0.2, -0.15) is 0 Å². The molecule has 22 heavy (non-hydrogen) atoms. The molecular formula is C17H15N3S2. The van der Waals surface area contributed by atoms with Gasteiger partial charge in [-0.05, 0) is 29.2 Å². The average molecular weight is 325 g/mol. The molecule has 4 rings (SSSR count). The summed E-state index contributed by atoms with van der Waals surface area (Å²) in [6, 6.07) is 17.3. The van der Waals surface area contributed by atoms with Gasteiger partial charge in [-0.15, -0.1) is 10.2 Å². The first-order chi connectivity index (χ1) is 10.9. The SMILES string of the molecule is CCNc1nnc(SC2c3ccccc3-c3ccccc32)s1. The molecule has 3 nitrogen and oxygen atoms in total. The van der Waals surface area contributed by atoms with Crippen molar-refractivity contribution in [1.82, 2.24) is 10.2 Å². The third-order valence-electron chi connectivity index (χ3n) is 3.73. The summed E-state index contributed by atoms with van der Waals surface area (Å²) < 4.78 is 1.01. The Hall–Kier alpha value is -1.85. The van der Waals surface area contributed by atoms with E-state index in [1.807, 2.05) is 0 Å². The quantitative estimate of drug-likeness (QED) is 0.745. The number of benzene rings is 2. The van der Waals surface area contributed by atoms with Gasteiger partial charge in [-0.3, -0.25) is 0 Å². The molecule has 0 radical (unpaired) electrons. The van der Waals surface area contributed by atoms with Gasteiger partial charge >= 0.3 is 0 Å². The van der Waals surface area contributed by atoms with Crippen LogP contribution >= 0.6 is 23.1 Å². The zero-order chi connectivity index (χ0) is 14.9. The first kappa shape index (κ1) is 13.8. The van der Waals surface area contributed by atoms with E-state index in [4.69, 9.17) is 0 Å². The standard InChI is InChI=1S/C17H15N3S2/c1-2-18-16-19-20-17(22-16)21-15-13-9-5-3-7-11(13)12-8-4-6-10-14(12)15/h3-10,15H,2H2,1H3,(H,18,19). The van der Waals surface area contributed by atoms with Gasteiger partial charge in [-0.1, -0.05) is 71.6 Å². The normalized spacial score (nSPS) is 13.0. The summed E-state index contributed by atoms with van der Waals surface area (Å²) in [5.41, 5.74) is 5.42. The second-order valence-corrected chi connectivity index (χ2v) is 7.41. The van der Waals surface area contributed by atoms with Crippen LogP contribution in [-0.2, 0) is 0 Å². The van der Waals surface area contributed by atoms with E-state index in [0.29, 0.717) is 5.25 Å². The third-order valence-corrected chi connectivity index (χ3v) is 5.97. The minimum absolute atomic E-state index is 0.301. The molecule has 0 bridgehead atoms. The Balaban J connectivity index is 1.71. The molecule has 0 aliphatic heterocycles. The number of thioether (sulfide) groups is 1. The highest BCUT2D eigenvalue weighted by atomic mass is 32.2. The maximum absolute atomic E-state index is 4.31. The summed E-state index contributed by atoms with van der Waals surface area (Å²) >= 11 is 3.41. The molecule has 0 saturated heterocycles. The van der Waals surface area contributed by atoms with Gasteiger partial charge in [-0.25, -0.2) is 0 Å². The molecule has 0 spiro atoms. The van der Waals surface area contributed by atoms with E-state index in [0.717, 1.165) is 16.0 Å². The maximum Gasteiger partial charge on any atom is 0.206 e. The third kappa shape index (κ3) is 2.30. The lowest BCUT2D eigenvalue weighted by Crippen LogP contribution is -1.94. The summed E-state index contributed by atoms with van der Waals surface area (Å²) in [6.07, 6.45) is 0. The van der Waals surface area contributed by atoms with E-state index in [1.165, 1.54) is 22.3 Å². The molecule has 1 aliphatic carbocycles. The molecule has 0 amide bonds. The van der Waals surface area contributed by atoms with Gasteiger partial charge in [0.15, 0.2) is 4.34 Å². The van der Waals surface area contributed by atoms with Gasteiger partial charge < -0.3 is 5.32 Å². The van der Waals surface area contributed by atoms with Crippen LogP contribution in [0.4, 0.5) is 5.13 Å². The number of aromatic nitrogens is 2. The molecule has 5 heteroatoms. The predicted molar refractivity (Wildman–Crippen MR) is 93.7 cm³/mol. The molecule has 0 fully saturated rings. The minimum Gasteiger partial charge on any atom is -0.360 e. The molecule has 0 saturated carbocycles.